The van der Waals surface area contributed by atoms with Crippen LogP contribution in [0.1, 0.15) is 6.42 Å². The Balaban J connectivity index is 2.74. The van der Waals surface area contributed by atoms with Gasteiger partial charge in [-0.1, -0.05) is 0 Å². The Labute approximate surface area is 119 Å². The minimum Gasteiger partial charge on any atom is -0.776 e. The van der Waals surface area contributed by atoms with E-state index in [1.54, 1.807) is 4.72 Å². The highest BCUT2D eigenvalue weighted by atomic mass is 32.3. The van der Waals surface area contributed by atoms with Crippen LogP contribution in [0.5, 0.6) is 0 Å². The average Bonchev–Trinajstić information content (AvgIpc) is 2.25. The number of hydrogen-bond acceptors (Lipinski definition) is 11. The Morgan fingerprint density at radius 2 is 1.95 bits per heavy atom. The van der Waals surface area contributed by atoms with E-state index in [-0.39, 0.29) is 25.4 Å². The number of ether oxygens (including phenoxy) is 1. The van der Waals surface area contributed by atoms with Gasteiger partial charge in [0.1, 0.15) is 0 Å². The summed E-state index contributed by atoms with van der Waals surface area (Å²) in [4.78, 5) is 0. The first kappa shape index (κ1) is 18.0. The highest BCUT2D eigenvalue weighted by molar-refractivity contribution is 7.88. The van der Waals surface area contributed by atoms with Crippen LogP contribution in [0.15, 0.2) is 0 Å². The van der Waals surface area contributed by atoms with Gasteiger partial charge in [0.15, 0.2) is 10.3 Å². The van der Waals surface area contributed by atoms with E-state index in [1.807, 2.05) is 0 Å². The van der Waals surface area contributed by atoms with E-state index in [0.717, 1.165) is 0 Å². The third-order valence-electron chi connectivity index (χ3n) is 2.29. The zero-order valence-electron chi connectivity index (χ0n) is 9.66. The monoisotopic (exact) mass is 352 g/mol. The molecule has 0 bridgehead atoms. The smallest absolute Gasteiger partial charge is 0.217 e. The third-order valence-corrected chi connectivity index (χ3v) is 3.60. The molecule has 3 unspecified atom stereocenters. The van der Waals surface area contributed by atoms with Gasteiger partial charge in [-0.05, 0) is 0 Å². The van der Waals surface area contributed by atoms with Crippen LogP contribution in [0.3, 0.4) is 0 Å². The molecule has 120 valence electrons. The summed E-state index contributed by atoms with van der Waals surface area (Å²) < 4.78 is 88.8. The van der Waals surface area contributed by atoms with E-state index < -0.39 is 45.6 Å². The Bertz CT molecular complexity index is 503. The fraction of sp³-hybridized carbons (Fsp3) is 1.00. The van der Waals surface area contributed by atoms with E-state index in [0.29, 0.717) is 0 Å². The summed E-state index contributed by atoms with van der Waals surface area (Å²) >= 11 is -0.192. The first-order chi connectivity index (χ1) is 9.11. The SMILES string of the molecule is O=S(=O)([O-])NC1COC(COS[O-])CC1OS(=O)(=O)[O-]. The molecule has 11 nitrogen and oxygen atoms in total. The Morgan fingerprint density at radius 3 is 2.45 bits per heavy atom. The molecule has 1 N–H and O–H groups in total. The van der Waals surface area contributed by atoms with Crippen LogP contribution in [-0.4, -0.2) is 62.0 Å². The molecule has 1 heterocycles. The predicted octanol–water partition coefficient (Wildman–Crippen LogP) is -2.17. The van der Waals surface area contributed by atoms with Crippen molar-refractivity contribution in [2.24, 2.45) is 0 Å². The van der Waals surface area contributed by atoms with Crippen molar-refractivity contribution in [3.05, 3.63) is 0 Å². The highest BCUT2D eigenvalue weighted by Crippen LogP contribution is 2.20. The van der Waals surface area contributed by atoms with Crippen LogP contribution in [-0.2, 0) is 33.8 Å². The maximum Gasteiger partial charge on any atom is 0.217 e. The molecule has 0 radical (unpaired) electrons. The lowest BCUT2D eigenvalue weighted by Crippen LogP contribution is -2.53. The lowest BCUT2D eigenvalue weighted by Gasteiger charge is -2.36. The quantitative estimate of drug-likeness (QED) is 0.299. The molecule has 3 atom stereocenters. The predicted molar refractivity (Wildman–Crippen MR) is 59.9 cm³/mol. The zero-order chi connectivity index (χ0) is 15.4. The molecule has 0 aliphatic carbocycles. The van der Waals surface area contributed by atoms with E-state index in [1.165, 1.54) is 0 Å². The molecule has 1 fully saturated rings. The van der Waals surface area contributed by atoms with Crippen molar-refractivity contribution in [3.8, 4) is 0 Å². The highest BCUT2D eigenvalue weighted by Gasteiger charge is 2.34. The van der Waals surface area contributed by atoms with Crippen LogP contribution in [0.2, 0.25) is 0 Å². The van der Waals surface area contributed by atoms with Crippen molar-refractivity contribution in [1.82, 2.24) is 4.72 Å². The van der Waals surface area contributed by atoms with Crippen molar-refractivity contribution in [2.75, 3.05) is 13.2 Å². The van der Waals surface area contributed by atoms with E-state index in [9.17, 15) is 30.5 Å². The largest absolute Gasteiger partial charge is 0.776 e. The minimum atomic E-state index is -5.11. The molecule has 1 rings (SSSR count). The van der Waals surface area contributed by atoms with Gasteiger partial charge in [-0.3, -0.25) is 4.18 Å². The molecule has 20 heavy (non-hydrogen) atoms. The van der Waals surface area contributed by atoms with Crippen LogP contribution < -0.4 is 4.72 Å². The molecule has 0 saturated carbocycles. The fourth-order valence-corrected chi connectivity index (χ4v) is 2.92. The summed E-state index contributed by atoms with van der Waals surface area (Å²) in [7, 11) is -10.00. The molecule has 0 spiro atoms. The lowest BCUT2D eigenvalue weighted by atomic mass is 10.0. The summed E-state index contributed by atoms with van der Waals surface area (Å²) in [6.07, 6.45) is -2.47. The summed E-state index contributed by atoms with van der Waals surface area (Å²) in [6, 6.07) is -1.34. The van der Waals surface area contributed by atoms with Gasteiger partial charge in [0.05, 0.1) is 31.5 Å². The molecule has 1 aliphatic heterocycles. The standard InChI is InChI=1S/C6H13NO10S3/c8-18-16-2-4-1-6(17-20(12,13)14)5(3-15-4)7-19(9,10)11/h4-8H,1-3H2,(H,9,10,11)(H,12,13,14)/p-3. The molecule has 1 saturated heterocycles. The van der Waals surface area contributed by atoms with E-state index >= 15 is 0 Å². The van der Waals surface area contributed by atoms with Gasteiger partial charge >= 0.3 is 0 Å². The number of rotatable bonds is 7. The first-order valence-corrected chi connectivity index (χ1v) is 8.42. The first-order valence-electron chi connectivity index (χ1n) is 5.01. The van der Waals surface area contributed by atoms with Gasteiger partial charge in [-0.2, -0.15) is 0 Å². The van der Waals surface area contributed by atoms with Crippen molar-refractivity contribution in [2.45, 2.75) is 24.7 Å². The third kappa shape index (κ3) is 7.11. The molecule has 0 aromatic rings. The van der Waals surface area contributed by atoms with Gasteiger partial charge in [-0.25, -0.2) is 21.6 Å². The summed E-state index contributed by atoms with van der Waals surface area (Å²) in [5.41, 5.74) is 0. The van der Waals surface area contributed by atoms with Gasteiger partial charge < -0.3 is 22.6 Å². The molecule has 0 aromatic heterocycles. The molecule has 1 aliphatic rings. The second-order valence-electron chi connectivity index (χ2n) is 3.76. The van der Waals surface area contributed by atoms with Crippen molar-refractivity contribution < 1.29 is 43.6 Å². The second-order valence-corrected chi connectivity index (χ2v) is 6.29. The molecule has 0 amide bonds. The van der Waals surface area contributed by atoms with Crippen LogP contribution in [0.25, 0.3) is 0 Å². The Hall–Kier alpha value is -0.0300. The van der Waals surface area contributed by atoms with Gasteiger partial charge in [0, 0.05) is 6.42 Å². The van der Waals surface area contributed by atoms with E-state index in [2.05, 4.69) is 8.37 Å². The lowest BCUT2D eigenvalue weighted by molar-refractivity contribution is -0.0672. The maximum atomic E-state index is 10.6. The van der Waals surface area contributed by atoms with E-state index in [4.69, 9.17) is 4.74 Å². The fourth-order valence-electron chi connectivity index (χ4n) is 1.61. The normalized spacial score (nSPS) is 28.4. The second kappa shape index (κ2) is 7.30. The van der Waals surface area contributed by atoms with Gasteiger partial charge in [0.2, 0.25) is 10.4 Å². The number of hydrogen-bond donors (Lipinski definition) is 1. The molecular weight excluding hydrogens is 342 g/mol. The van der Waals surface area contributed by atoms with Crippen molar-refractivity contribution >= 4 is 33.0 Å². The molecule has 14 heteroatoms. The zero-order valence-corrected chi connectivity index (χ0v) is 12.1. The molecule has 0 aromatic carbocycles. The molecular formula is C6H10NO10S3-3. The maximum absolute atomic E-state index is 10.6. The summed E-state index contributed by atoms with van der Waals surface area (Å²) in [6.45, 7) is -0.636. The van der Waals surface area contributed by atoms with Crippen LogP contribution in [0, 0.1) is 0 Å². The topological polar surface area (TPSA) is 177 Å². The minimum absolute atomic E-state index is 0.192. The summed E-state index contributed by atoms with van der Waals surface area (Å²) in [5.74, 6) is 0. The van der Waals surface area contributed by atoms with Crippen LogP contribution in [0.4, 0.5) is 0 Å². The van der Waals surface area contributed by atoms with Crippen molar-refractivity contribution in [1.29, 1.82) is 0 Å². The van der Waals surface area contributed by atoms with Gasteiger partial charge in [0.25, 0.3) is 0 Å². The van der Waals surface area contributed by atoms with Gasteiger partial charge in [-0.15, -0.1) is 12.3 Å². The Kier molecular flexibility index (Phi) is 6.58. The van der Waals surface area contributed by atoms with Crippen LogP contribution >= 0.6 is 12.3 Å². The van der Waals surface area contributed by atoms with Crippen molar-refractivity contribution in [3.63, 3.8) is 0 Å². The number of nitrogens with one attached hydrogen (secondary N) is 1. The average molecular weight is 352 g/mol. The Morgan fingerprint density at radius 1 is 1.30 bits per heavy atom. The summed E-state index contributed by atoms with van der Waals surface area (Å²) in [5, 5.41) is 0.